The molecule has 0 heterocycles. The van der Waals surface area contributed by atoms with Crippen LogP contribution >= 0.6 is 0 Å². The molecular formula is C4H9N3O3. The van der Waals surface area contributed by atoms with E-state index in [1.807, 2.05) is 0 Å². The van der Waals surface area contributed by atoms with Gasteiger partial charge in [0.25, 0.3) is 0 Å². The molecule has 0 aromatic rings. The molecule has 0 spiro atoms. The molecule has 0 radical (unpaired) electrons. The van der Waals surface area contributed by atoms with E-state index >= 15 is 0 Å². The summed E-state index contributed by atoms with van der Waals surface area (Å²) in [5, 5.41) is 12.3. The largest absolute Gasteiger partial charge is 0.334 e. The molecule has 10 heavy (non-hydrogen) atoms. The van der Waals surface area contributed by atoms with Gasteiger partial charge >= 0.3 is 0 Å². The normalized spacial score (nSPS) is 8.60. The monoisotopic (exact) mass is 147 g/mol. The summed E-state index contributed by atoms with van der Waals surface area (Å²) in [7, 11) is 1.27. The molecule has 0 fully saturated rings. The van der Waals surface area contributed by atoms with Crippen LogP contribution in [0, 0.1) is 10.1 Å². The number of hydrazine groups is 1. The van der Waals surface area contributed by atoms with Crippen molar-refractivity contribution >= 4 is 5.91 Å². The van der Waals surface area contributed by atoms with Crippen LogP contribution < -0.4 is 5.32 Å². The van der Waals surface area contributed by atoms with Crippen LogP contribution in [0.25, 0.3) is 0 Å². The highest BCUT2D eigenvalue weighted by atomic mass is 16.7. The van der Waals surface area contributed by atoms with E-state index in [4.69, 9.17) is 0 Å². The van der Waals surface area contributed by atoms with E-state index in [1.165, 1.54) is 14.0 Å². The Morgan fingerprint density at radius 2 is 2.30 bits per heavy atom. The lowest BCUT2D eigenvalue weighted by Gasteiger charge is -2.07. The van der Waals surface area contributed by atoms with Crippen molar-refractivity contribution in [3.63, 3.8) is 0 Å². The zero-order chi connectivity index (χ0) is 8.15. The maximum absolute atomic E-state index is 10.2. The molecule has 6 heteroatoms. The topological polar surface area (TPSA) is 75.5 Å². The Kier molecular flexibility index (Phi) is 3.16. The molecule has 0 unspecified atom stereocenters. The first-order valence-corrected chi connectivity index (χ1v) is 2.64. The molecular weight excluding hydrogens is 138 g/mol. The van der Waals surface area contributed by atoms with Crippen molar-refractivity contribution in [3.05, 3.63) is 10.1 Å². The van der Waals surface area contributed by atoms with Crippen molar-refractivity contribution in [2.45, 2.75) is 6.92 Å². The molecule has 0 saturated carbocycles. The van der Waals surface area contributed by atoms with E-state index in [2.05, 4.69) is 5.32 Å². The molecule has 58 valence electrons. The molecule has 1 amide bonds. The maximum Gasteiger partial charge on any atom is 0.218 e. The molecule has 1 N–H and O–H groups in total. The van der Waals surface area contributed by atoms with Crippen molar-refractivity contribution in [1.29, 1.82) is 0 Å². The van der Waals surface area contributed by atoms with Crippen molar-refractivity contribution in [2.24, 2.45) is 0 Å². The lowest BCUT2D eigenvalue weighted by molar-refractivity contribution is -0.649. The van der Waals surface area contributed by atoms with Gasteiger partial charge in [-0.25, -0.2) is 10.1 Å². The average molecular weight is 147 g/mol. The third-order valence-corrected chi connectivity index (χ3v) is 0.836. The predicted molar refractivity (Wildman–Crippen MR) is 33.4 cm³/mol. The minimum atomic E-state index is -0.601. The number of hydrogen-bond donors (Lipinski definition) is 1. The molecule has 0 aliphatic heterocycles. The Morgan fingerprint density at radius 1 is 1.80 bits per heavy atom. The third-order valence-electron chi connectivity index (χ3n) is 0.836. The highest BCUT2D eigenvalue weighted by Gasteiger charge is 2.04. The molecule has 0 aromatic carbocycles. The second kappa shape index (κ2) is 3.65. The highest BCUT2D eigenvalue weighted by molar-refractivity contribution is 5.72. The number of hydrogen-bond acceptors (Lipinski definition) is 3. The Hall–Kier alpha value is -1.33. The quantitative estimate of drug-likeness (QED) is 0.322. The van der Waals surface area contributed by atoms with Gasteiger partial charge in [-0.15, -0.1) is 5.01 Å². The summed E-state index contributed by atoms with van der Waals surface area (Å²) in [5.74, 6) is -0.284. The molecule has 0 aliphatic rings. The van der Waals surface area contributed by atoms with Crippen LogP contribution in [0.5, 0.6) is 0 Å². The Labute approximate surface area is 57.9 Å². The molecule has 0 bridgehead atoms. The SMILES string of the molecule is CC(=O)NCN(C)[N+](=O)[O-]. The van der Waals surface area contributed by atoms with Gasteiger partial charge in [0, 0.05) is 6.92 Å². The zero-order valence-electron chi connectivity index (χ0n) is 5.83. The first-order chi connectivity index (χ1) is 4.54. The fourth-order valence-electron chi connectivity index (χ4n) is 0.283. The fourth-order valence-corrected chi connectivity index (χ4v) is 0.283. The summed E-state index contributed by atoms with van der Waals surface area (Å²) in [5.41, 5.74) is 0. The van der Waals surface area contributed by atoms with Crippen LogP contribution in [0.2, 0.25) is 0 Å². The first-order valence-electron chi connectivity index (χ1n) is 2.64. The Balaban J connectivity index is 3.49. The van der Waals surface area contributed by atoms with Crippen LogP contribution in [-0.4, -0.2) is 29.7 Å². The number of carbonyl (C=O) groups is 1. The van der Waals surface area contributed by atoms with Gasteiger partial charge in [0.05, 0.1) is 7.05 Å². The van der Waals surface area contributed by atoms with E-state index < -0.39 is 5.03 Å². The number of amides is 1. The van der Waals surface area contributed by atoms with Gasteiger partial charge in [0.2, 0.25) is 5.91 Å². The lowest BCUT2D eigenvalue weighted by atomic mass is 10.7. The summed E-state index contributed by atoms with van der Waals surface area (Å²) in [6.45, 7) is 1.23. The van der Waals surface area contributed by atoms with E-state index in [1.54, 1.807) is 0 Å². The van der Waals surface area contributed by atoms with Gasteiger partial charge < -0.3 is 5.32 Å². The first kappa shape index (κ1) is 8.67. The van der Waals surface area contributed by atoms with Crippen LogP contribution in [0.15, 0.2) is 0 Å². The maximum atomic E-state index is 10.2. The van der Waals surface area contributed by atoms with Gasteiger partial charge in [-0.2, -0.15) is 0 Å². The average Bonchev–Trinajstić information content (AvgIpc) is 1.82. The van der Waals surface area contributed by atoms with E-state index in [-0.39, 0.29) is 12.6 Å². The van der Waals surface area contributed by atoms with Crippen molar-refractivity contribution in [3.8, 4) is 0 Å². The second-order valence-electron chi connectivity index (χ2n) is 1.79. The summed E-state index contributed by atoms with van der Waals surface area (Å²) < 4.78 is 0. The number of nitrogens with zero attached hydrogens (tertiary/aromatic N) is 2. The van der Waals surface area contributed by atoms with E-state index in [0.717, 1.165) is 5.01 Å². The Bertz CT molecular complexity index is 147. The van der Waals surface area contributed by atoms with Gasteiger partial charge in [-0.3, -0.25) is 4.79 Å². The van der Waals surface area contributed by atoms with Crippen molar-refractivity contribution < 1.29 is 9.83 Å². The summed E-state index contributed by atoms with van der Waals surface area (Å²) in [6.07, 6.45) is 0. The van der Waals surface area contributed by atoms with E-state index in [9.17, 15) is 14.9 Å². The number of nitro groups is 1. The minimum absolute atomic E-state index is 0.0671. The van der Waals surface area contributed by atoms with Crippen LogP contribution in [-0.2, 0) is 4.79 Å². The van der Waals surface area contributed by atoms with Crippen LogP contribution in [0.4, 0.5) is 0 Å². The summed E-state index contributed by atoms with van der Waals surface area (Å²) >= 11 is 0. The van der Waals surface area contributed by atoms with Gasteiger partial charge in [0.1, 0.15) is 6.67 Å². The number of nitrogens with one attached hydrogen (secondary N) is 1. The molecule has 0 aliphatic carbocycles. The summed E-state index contributed by atoms with van der Waals surface area (Å²) in [6, 6.07) is 0. The molecule has 0 saturated heterocycles. The zero-order valence-corrected chi connectivity index (χ0v) is 5.83. The van der Waals surface area contributed by atoms with E-state index in [0.29, 0.717) is 0 Å². The molecule has 0 aromatic heterocycles. The second-order valence-corrected chi connectivity index (χ2v) is 1.79. The van der Waals surface area contributed by atoms with Crippen LogP contribution in [0.1, 0.15) is 6.92 Å². The highest BCUT2D eigenvalue weighted by Crippen LogP contribution is 1.76. The van der Waals surface area contributed by atoms with Gasteiger partial charge in [-0.1, -0.05) is 0 Å². The molecule has 0 rings (SSSR count). The fraction of sp³-hybridized carbons (Fsp3) is 0.750. The minimum Gasteiger partial charge on any atom is -0.334 e. The van der Waals surface area contributed by atoms with Crippen molar-refractivity contribution in [1.82, 2.24) is 10.3 Å². The third kappa shape index (κ3) is 3.65. The van der Waals surface area contributed by atoms with Crippen LogP contribution in [0.3, 0.4) is 0 Å². The Morgan fingerprint density at radius 3 is 2.60 bits per heavy atom. The smallest absolute Gasteiger partial charge is 0.218 e. The molecule has 6 nitrogen and oxygen atoms in total. The molecule has 0 atom stereocenters. The standard InChI is InChI=1S/C4H9N3O3/c1-4(8)5-3-6(2)7(9)10/h3H2,1-2H3,(H,5,8). The van der Waals surface area contributed by atoms with Crippen molar-refractivity contribution in [2.75, 3.05) is 13.7 Å². The summed E-state index contributed by atoms with van der Waals surface area (Å²) in [4.78, 5) is 20.1. The number of carbonyl (C=O) groups excluding carboxylic acids is 1. The lowest BCUT2D eigenvalue weighted by Crippen LogP contribution is -2.37. The van der Waals surface area contributed by atoms with Gasteiger partial charge in [0.15, 0.2) is 5.03 Å². The predicted octanol–water partition coefficient (Wildman–Crippen LogP) is -0.796. The number of rotatable bonds is 3. The van der Waals surface area contributed by atoms with Gasteiger partial charge in [-0.05, 0) is 0 Å².